The van der Waals surface area contributed by atoms with Gasteiger partial charge < -0.3 is 9.88 Å². The molecule has 0 aliphatic heterocycles. The van der Waals surface area contributed by atoms with Crippen molar-refractivity contribution in [2.75, 3.05) is 5.32 Å². The number of hydrogen-bond donors (Lipinski definition) is 1. The van der Waals surface area contributed by atoms with Gasteiger partial charge in [-0.1, -0.05) is 0 Å². The number of nitrogens with one attached hydrogen (secondary N) is 1. The molecule has 0 aliphatic rings. The zero-order valence-corrected chi connectivity index (χ0v) is 11.2. The molecule has 0 bridgehead atoms. The Kier molecular flexibility index (Phi) is 3.76. The Hall–Kier alpha value is -1.69. The van der Waals surface area contributed by atoms with Gasteiger partial charge in [0.05, 0.1) is 18.1 Å². The average molecular weight is 312 g/mol. The predicted molar refractivity (Wildman–Crippen MR) is 70.0 cm³/mol. The van der Waals surface area contributed by atoms with E-state index in [2.05, 4.69) is 26.2 Å². The molecule has 0 radical (unpaired) electrons. The lowest BCUT2D eigenvalue weighted by Crippen LogP contribution is -2.16. The van der Waals surface area contributed by atoms with Gasteiger partial charge in [-0.05, 0) is 28.9 Å². The van der Waals surface area contributed by atoms with Gasteiger partial charge in [0.25, 0.3) is 5.91 Å². The van der Waals surface area contributed by atoms with Crippen LogP contribution in [0.4, 0.5) is 10.1 Å². The normalized spacial score (nSPS) is 10.4. The summed E-state index contributed by atoms with van der Waals surface area (Å²) in [4.78, 5) is 15.7. The third-order valence-corrected chi connectivity index (χ3v) is 2.83. The number of carbonyl (C=O) groups excluding carboxylic acids is 1. The molecule has 0 spiro atoms. The SMILES string of the molecule is CCn1cc(Br)cc1C(=O)Nc1cncc(F)c1. The summed E-state index contributed by atoms with van der Waals surface area (Å²) in [5.41, 5.74) is 0.841. The molecular weight excluding hydrogens is 301 g/mol. The highest BCUT2D eigenvalue weighted by Gasteiger charge is 2.12. The van der Waals surface area contributed by atoms with Gasteiger partial charge >= 0.3 is 0 Å². The largest absolute Gasteiger partial charge is 0.343 e. The van der Waals surface area contributed by atoms with Crippen LogP contribution in [0, 0.1) is 5.82 Å². The van der Waals surface area contributed by atoms with E-state index in [0.717, 1.165) is 10.7 Å². The van der Waals surface area contributed by atoms with Crippen molar-refractivity contribution in [2.45, 2.75) is 13.5 Å². The molecule has 0 saturated carbocycles. The number of aromatic nitrogens is 2. The molecule has 0 aliphatic carbocycles. The van der Waals surface area contributed by atoms with Crippen LogP contribution in [0.1, 0.15) is 17.4 Å². The first kappa shape index (κ1) is 12.8. The molecule has 94 valence electrons. The van der Waals surface area contributed by atoms with Gasteiger partial charge in [-0.3, -0.25) is 9.78 Å². The second-order valence-electron chi connectivity index (χ2n) is 3.68. The summed E-state index contributed by atoms with van der Waals surface area (Å²) >= 11 is 3.32. The van der Waals surface area contributed by atoms with Crippen LogP contribution in [0.3, 0.4) is 0 Å². The molecular formula is C12H11BrFN3O. The molecule has 0 aromatic carbocycles. The zero-order valence-electron chi connectivity index (χ0n) is 9.65. The smallest absolute Gasteiger partial charge is 0.272 e. The number of halogens is 2. The van der Waals surface area contributed by atoms with Gasteiger partial charge in [-0.15, -0.1) is 0 Å². The van der Waals surface area contributed by atoms with Crippen molar-refractivity contribution in [3.63, 3.8) is 0 Å². The van der Waals surface area contributed by atoms with E-state index >= 15 is 0 Å². The van der Waals surface area contributed by atoms with E-state index in [1.165, 1.54) is 12.3 Å². The molecule has 0 saturated heterocycles. The lowest BCUT2D eigenvalue weighted by Gasteiger charge is -2.07. The van der Waals surface area contributed by atoms with Crippen LogP contribution in [0.2, 0.25) is 0 Å². The number of nitrogens with zero attached hydrogens (tertiary/aromatic N) is 2. The highest BCUT2D eigenvalue weighted by molar-refractivity contribution is 9.10. The minimum absolute atomic E-state index is 0.296. The fourth-order valence-electron chi connectivity index (χ4n) is 1.60. The van der Waals surface area contributed by atoms with Gasteiger partial charge in [0.2, 0.25) is 0 Å². The predicted octanol–water partition coefficient (Wildman–Crippen LogP) is 3.06. The van der Waals surface area contributed by atoms with E-state index in [4.69, 9.17) is 0 Å². The summed E-state index contributed by atoms with van der Waals surface area (Å²) in [5, 5.41) is 2.60. The lowest BCUT2D eigenvalue weighted by atomic mass is 10.3. The number of aryl methyl sites for hydroxylation is 1. The van der Waals surface area contributed by atoms with E-state index in [1.807, 2.05) is 13.1 Å². The number of carbonyl (C=O) groups is 1. The van der Waals surface area contributed by atoms with Crippen molar-refractivity contribution in [1.82, 2.24) is 9.55 Å². The summed E-state index contributed by atoms with van der Waals surface area (Å²) in [6.07, 6.45) is 4.30. The molecule has 18 heavy (non-hydrogen) atoms. The van der Waals surface area contributed by atoms with Crippen LogP contribution in [0.5, 0.6) is 0 Å². The Morgan fingerprint density at radius 2 is 2.28 bits per heavy atom. The van der Waals surface area contributed by atoms with Gasteiger partial charge in [0.15, 0.2) is 0 Å². The van der Waals surface area contributed by atoms with Gasteiger partial charge in [0.1, 0.15) is 11.5 Å². The summed E-state index contributed by atoms with van der Waals surface area (Å²) in [6, 6.07) is 2.94. The number of amides is 1. The van der Waals surface area contributed by atoms with Crippen LogP contribution >= 0.6 is 15.9 Å². The Bertz CT molecular complexity index is 582. The minimum atomic E-state index is -0.486. The van der Waals surface area contributed by atoms with Crippen LogP contribution in [-0.4, -0.2) is 15.5 Å². The van der Waals surface area contributed by atoms with Crippen molar-refractivity contribution < 1.29 is 9.18 Å². The first-order valence-electron chi connectivity index (χ1n) is 5.37. The third kappa shape index (κ3) is 2.76. The highest BCUT2D eigenvalue weighted by Crippen LogP contribution is 2.16. The third-order valence-electron chi connectivity index (χ3n) is 2.40. The average Bonchev–Trinajstić information content (AvgIpc) is 2.70. The Morgan fingerprint density at radius 3 is 2.94 bits per heavy atom. The maximum atomic E-state index is 12.9. The van der Waals surface area contributed by atoms with Crippen molar-refractivity contribution in [1.29, 1.82) is 0 Å². The Balaban J connectivity index is 2.21. The molecule has 4 nitrogen and oxygen atoms in total. The number of hydrogen-bond acceptors (Lipinski definition) is 2. The van der Waals surface area contributed by atoms with Crippen molar-refractivity contribution in [3.05, 3.63) is 46.7 Å². The van der Waals surface area contributed by atoms with Crippen LogP contribution in [-0.2, 0) is 6.54 Å². The summed E-state index contributed by atoms with van der Waals surface area (Å²) in [6.45, 7) is 2.61. The van der Waals surface area contributed by atoms with Crippen molar-refractivity contribution in [2.24, 2.45) is 0 Å². The summed E-state index contributed by atoms with van der Waals surface area (Å²) < 4.78 is 15.6. The van der Waals surface area contributed by atoms with E-state index in [1.54, 1.807) is 10.6 Å². The van der Waals surface area contributed by atoms with E-state index < -0.39 is 5.82 Å². The molecule has 2 rings (SSSR count). The molecule has 2 aromatic heterocycles. The Morgan fingerprint density at radius 1 is 1.50 bits per heavy atom. The molecule has 1 amide bonds. The molecule has 0 fully saturated rings. The van der Waals surface area contributed by atoms with Crippen LogP contribution in [0.25, 0.3) is 0 Å². The second-order valence-corrected chi connectivity index (χ2v) is 4.59. The van der Waals surface area contributed by atoms with Crippen LogP contribution in [0.15, 0.2) is 35.2 Å². The standard InChI is InChI=1S/C12H11BrFN3O/c1-2-17-7-8(13)3-11(17)12(18)16-10-4-9(14)5-15-6-10/h3-7H,2H2,1H3,(H,16,18). The van der Waals surface area contributed by atoms with E-state index in [9.17, 15) is 9.18 Å². The molecule has 0 atom stereocenters. The van der Waals surface area contributed by atoms with Crippen molar-refractivity contribution >= 4 is 27.5 Å². The quantitative estimate of drug-likeness (QED) is 0.947. The number of pyridine rings is 1. The van der Waals surface area contributed by atoms with Gasteiger partial charge in [-0.2, -0.15) is 0 Å². The molecule has 0 unspecified atom stereocenters. The maximum Gasteiger partial charge on any atom is 0.272 e. The van der Waals surface area contributed by atoms with Gasteiger partial charge in [0, 0.05) is 23.3 Å². The van der Waals surface area contributed by atoms with Crippen molar-refractivity contribution in [3.8, 4) is 0 Å². The molecule has 2 aromatic rings. The zero-order chi connectivity index (χ0) is 13.1. The first-order valence-corrected chi connectivity index (χ1v) is 6.17. The van der Waals surface area contributed by atoms with E-state index in [0.29, 0.717) is 17.9 Å². The Labute approximate surface area is 112 Å². The first-order chi connectivity index (χ1) is 8.60. The van der Waals surface area contributed by atoms with Crippen LogP contribution < -0.4 is 5.32 Å². The second kappa shape index (κ2) is 5.30. The number of rotatable bonds is 3. The topological polar surface area (TPSA) is 46.9 Å². The highest BCUT2D eigenvalue weighted by atomic mass is 79.9. The molecule has 2 heterocycles. The summed E-state index contributed by atoms with van der Waals surface area (Å²) in [5.74, 6) is -0.783. The molecule has 6 heteroatoms. The lowest BCUT2D eigenvalue weighted by molar-refractivity contribution is 0.101. The maximum absolute atomic E-state index is 12.9. The summed E-state index contributed by atoms with van der Waals surface area (Å²) in [7, 11) is 0. The monoisotopic (exact) mass is 311 g/mol. The fourth-order valence-corrected chi connectivity index (χ4v) is 2.07. The van der Waals surface area contributed by atoms with E-state index in [-0.39, 0.29) is 5.91 Å². The number of anilines is 1. The fraction of sp³-hybridized carbons (Fsp3) is 0.167. The van der Waals surface area contributed by atoms with Gasteiger partial charge in [-0.25, -0.2) is 4.39 Å². The minimum Gasteiger partial charge on any atom is -0.343 e. The molecule has 1 N–H and O–H groups in total.